The molecule has 6 nitrogen and oxygen atoms in total. The molecule has 2 aromatic carbocycles. The number of rotatable bonds is 3. The SMILES string of the molecule is Cc1ccc2cc(C(=O)Nc3ccc(N4CCNC4=O)cc3)[nH]c2c1. The number of carbonyl (C=O) groups excluding carboxylic acids is 2. The van der Waals surface area contributed by atoms with Crippen molar-refractivity contribution in [3.05, 3.63) is 59.8 Å². The number of anilines is 2. The largest absolute Gasteiger partial charge is 0.351 e. The van der Waals surface area contributed by atoms with Crippen molar-refractivity contribution in [1.29, 1.82) is 0 Å². The number of aromatic amines is 1. The number of aryl methyl sites for hydroxylation is 1. The molecule has 1 aliphatic heterocycles. The summed E-state index contributed by atoms with van der Waals surface area (Å²) in [5.74, 6) is -0.194. The second-order valence-electron chi connectivity index (χ2n) is 6.16. The van der Waals surface area contributed by atoms with Crippen LogP contribution < -0.4 is 15.5 Å². The van der Waals surface area contributed by atoms with E-state index >= 15 is 0 Å². The van der Waals surface area contributed by atoms with Gasteiger partial charge in [-0.25, -0.2) is 4.79 Å². The fourth-order valence-corrected chi connectivity index (χ4v) is 3.00. The first kappa shape index (κ1) is 15.3. The van der Waals surface area contributed by atoms with Gasteiger partial charge in [0.25, 0.3) is 5.91 Å². The quantitative estimate of drug-likeness (QED) is 0.687. The van der Waals surface area contributed by atoms with Crippen molar-refractivity contribution >= 4 is 34.2 Å². The minimum absolute atomic E-state index is 0.0924. The number of amides is 3. The van der Waals surface area contributed by atoms with Crippen molar-refractivity contribution in [3.8, 4) is 0 Å². The molecular formula is C19H18N4O2. The molecule has 126 valence electrons. The van der Waals surface area contributed by atoms with Gasteiger partial charge in [0.05, 0.1) is 0 Å². The average Bonchev–Trinajstić information content (AvgIpc) is 3.21. The Bertz CT molecular complexity index is 959. The number of aromatic nitrogens is 1. The van der Waals surface area contributed by atoms with Crippen molar-refractivity contribution in [3.63, 3.8) is 0 Å². The first-order valence-electron chi connectivity index (χ1n) is 8.16. The lowest BCUT2D eigenvalue weighted by Crippen LogP contribution is -2.27. The zero-order valence-corrected chi connectivity index (χ0v) is 13.8. The van der Waals surface area contributed by atoms with E-state index in [1.165, 1.54) is 0 Å². The van der Waals surface area contributed by atoms with Gasteiger partial charge in [0.15, 0.2) is 0 Å². The predicted molar refractivity (Wildman–Crippen MR) is 98.2 cm³/mol. The van der Waals surface area contributed by atoms with E-state index in [0.717, 1.165) is 22.2 Å². The first-order valence-corrected chi connectivity index (χ1v) is 8.16. The number of nitrogens with zero attached hydrogens (tertiary/aromatic N) is 1. The number of H-pyrrole nitrogens is 1. The number of urea groups is 1. The molecule has 4 rings (SSSR count). The van der Waals surface area contributed by atoms with Crippen molar-refractivity contribution in [2.45, 2.75) is 6.92 Å². The lowest BCUT2D eigenvalue weighted by Gasteiger charge is -2.14. The number of carbonyl (C=O) groups is 2. The van der Waals surface area contributed by atoms with E-state index in [1.807, 2.05) is 43.3 Å². The summed E-state index contributed by atoms with van der Waals surface area (Å²) in [6.07, 6.45) is 0. The summed E-state index contributed by atoms with van der Waals surface area (Å²) in [6, 6.07) is 15.0. The first-order chi connectivity index (χ1) is 12.1. The van der Waals surface area contributed by atoms with Gasteiger partial charge in [0, 0.05) is 35.4 Å². The van der Waals surface area contributed by atoms with Gasteiger partial charge < -0.3 is 15.6 Å². The minimum atomic E-state index is -0.194. The third kappa shape index (κ3) is 2.94. The predicted octanol–water partition coefficient (Wildman–Crippen LogP) is 3.26. The second kappa shape index (κ2) is 5.98. The van der Waals surface area contributed by atoms with Crippen LogP contribution in [0.25, 0.3) is 10.9 Å². The molecular weight excluding hydrogens is 316 g/mol. The zero-order chi connectivity index (χ0) is 17.4. The maximum atomic E-state index is 12.4. The lowest BCUT2D eigenvalue weighted by molar-refractivity contribution is 0.102. The normalized spacial score (nSPS) is 14.0. The van der Waals surface area contributed by atoms with Gasteiger partial charge in [-0.1, -0.05) is 12.1 Å². The van der Waals surface area contributed by atoms with E-state index in [-0.39, 0.29) is 11.9 Å². The van der Waals surface area contributed by atoms with Crippen LogP contribution in [0.1, 0.15) is 16.1 Å². The van der Waals surface area contributed by atoms with E-state index in [1.54, 1.807) is 17.0 Å². The van der Waals surface area contributed by atoms with Crippen LogP contribution in [0.2, 0.25) is 0 Å². The van der Waals surface area contributed by atoms with Gasteiger partial charge in [0.2, 0.25) is 0 Å². The van der Waals surface area contributed by atoms with Crippen molar-refractivity contribution in [2.75, 3.05) is 23.3 Å². The van der Waals surface area contributed by atoms with E-state index in [9.17, 15) is 9.59 Å². The van der Waals surface area contributed by atoms with Gasteiger partial charge in [-0.2, -0.15) is 0 Å². The topological polar surface area (TPSA) is 77.2 Å². The van der Waals surface area contributed by atoms with Crippen LogP contribution >= 0.6 is 0 Å². The number of fused-ring (bicyclic) bond motifs is 1. The molecule has 3 aromatic rings. The van der Waals surface area contributed by atoms with Crippen LogP contribution in [0.3, 0.4) is 0 Å². The Kier molecular flexibility index (Phi) is 3.65. The zero-order valence-electron chi connectivity index (χ0n) is 13.8. The number of nitrogens with one attached hydrogen (secondary N) is 3. The highest BCUT2D eigenvalue weighted by Crippen LogP contribution is 2.21. The number of hydrogen-bond acceptors (Lipinski definition) is 2. The third-order valence-corrected chi connectivity index (χ3v) is 4.32. The van der Waals surface area contributed by atoms with Gasteiger partial charge in [-0.15, -0.1) is 0 Å². The summed E-state index contributed by atoms with van der Waals surface area (Å²) in [6.45, 7) is 3.32. The van der Waals surface area contributed by atoms with Crippen LogP contribution in [-0.4, -0.2) is 30.0 Å². The molecule has 0 spiro atoms. The van der Waals surface area contributed by atoms with Gasteiger partial charge >= 0.3 is 6.03 Å². The smallest absolute Gasteiger partial charge is 0.321 e. The molecule has 25 heavy (non-hydrogen) atoms. The van der Waals surface area contributed by atoms with Gasteiger partial charge in [-0.3, -0.25) is 9.69 Å². The average molecular weight is 334 g/mol. The lowest BCUT2D eigenvalue weighted by atomic mass is 10.2. The molecule has 6 heteroatoms. The van der Waals surface area contributed by atoms with E-state index in [0.29, 0.717) is 24.5 Å². The fraction of sp³-hybridized carbons (Fsp3) is 0.158. The molecule has 3 N–H and O–H groups in total. The number of hydrogen-bond donors (Lipinski definition) is 3. The molecule has 1 aromatic heterocycles. The molecule has 1 fully saturated rings. The summed E-state index contributed by atoms with van der Waals surface area (Å²) in [4.78, 5) is 28.9. The van der Waals surface area contributed by atoms with Gasteiger partial charge in [-0.05, 0) is 48.9 Å². The van der Waals surface area contributed by atoms with Crippen LogP contribution in [0.4, 0.5) is 16.2 Å². The highest BCUT2D eigenvalue weighted by atomic mass is 16.2. The molecule has 1 saturated heterocycles. The highest BCUT2D eigenvalue weighted by Gasteiger charge is 2.20. The van der Waals surface area contributed by atoms with E-state index in [2.05, 4.69) is 15.6 Å². The summed E-state index contributed by atoms with van der Waals surface area (Å²) >= 11 is 0. The standard InChI is InChI=1S/C19H18N4O2/c1-12-2-3-13-11-17(22-16(13)10-12)18(24)21-14-4-6-15(7-5-14)23-9-8-20-19(23)25/h2-7,10-11,22H,8-9H2,1H3,(H,20,25)(H,21,24). The second-order valence-corrected chi connectivity index (χ2v) is 6.16. The molecule has 0 unspecified atom stereocenters. The number of benzene rings is 2. The van der Waals surface area contributed by atoms with Crippen LogP contribution in [0.5, 0.6) is 0 Å². The van der Waals surface area contributed by atoms with Crippen LogP contribution in [0.15, 0.2) is 48.5 Å². The maximum Gasteiger partial charge on any atom is 0.321 e. The van der Waals surface area contributed by atoms with Gasteiger partial charge in [0.1, 0.15) is 5.69 Å². The molecule has 0 bridgehead atoms. The maximum absolute atomic E-state index is 12.4. The minimum Gasteiger partial charge on any atom is -0.351 e. The van der Waals surface area contributed by atoms with Crippen molar-refractivity contribution in [1.82, 2.24) is 10.3 Å². The Morgan fingerprint density at radius 3 is 2.64 bits per heavy atom. The Hall–Kier alpha value is -3.28. The van der Waals surface area contributed by atoms with E-state index in [4.69, 9.17) is 0 Å². The summed E-state index contributed by atoms with van der Waals surface area (Å²) < 4.78 is 0. The van der Waals surface area contributed by atoms with E-state index < -0.39 is 0 Å². The highest BCUT2D eigenvalue weighted by molar-refractivity contribution is 6.06. The Morgan fingerprint density at radius 1 is 1.12 bits per heavy atom. The van der Waals surface area contributed by atoms with Crippen molar-refractivity contribution < 1.29 is 9.59 Å². The third-order valence-electron chi connectivity index (χ3n) is 4.32. The molecule has 0 radical (unpaired) electrons. The monoisotopic (exact) mass is 334 g/mol. The Balaban J connectivity index is 1.50. The van der Waals surface area contributed by atoms with Crippen LogP contribution in [0, 0.1) is 6.92 Å². The molecule has 0 aliphatic carbocycles. The molecule has 1 aliphatic rings. The Labute approximate surface area is 144 Å². The van der Waals surface area contributed by atoms with Crippen LogP contribution in [-0.2, 0) is 0 Å². The molecule has 0 saturated carbocycles. The summed E-state index contributed by atoms with van der Waals surface area (Å²) in [7, 11) is 0. The molecule has 2 heterocycles. The molecule has 3 amide bonds. The summed E-state index contributed by atoms with van der Waals surface area (Å²) in [5.41, 5.74) is 4.10. The summed E-state index contributed by atoms with van der Waals surface area (Å²) in [5, 5.41) is 6.65. The van der Waals surface area contributed by atoms with Crippen molar-refractivity contribution in [2.24, 2.45) is 0 Å². The Morgan fingerprint density at radius 2 is 1.92 bits per heavy atom. The molecule has 0 atom stereocenters. The fourth-order valence-electron chi connectivity index (χ4n) is 3.00.